The van der Waals surface area contributed by atoms with Crippen LogP contribution in [0.4, 0.5) is 10.1 Å². The number of piperidine rings is 1. The molecule has 1 aliphatic rings. The number of aromatic carboxylic acids is 1. The quantitative estimate of drug-likeness (QED) is 0.183. The summed E-state index contributed by atoms with van der Waals surface area (Å²) in [6.07, 6.45) is 6.46. The van der Waals surface area contributed by atoms with Crippen molar-refractivity contribution in [3.05, 3.63) is 100 Å². The van der Waals surface area contributed by atoms with E-state index in [2.05, 4.69) is 30.2 Å². The largest absolute Gasteiger partial charge is 0.478 e. The van der Waals surface area contributed by atoms with Crippen molar-refractivity contribution in [3.63, 3.8) is 0 Å². The van der Waals surface area contributed by atoms with Gasteiger partial charge in [-0.05, 0) is 81.1 Å². The lowest BCUT2D eigenvalue weighted by atomic mass is 9.93. The zero-order valence-electron chi connectivity index (χ0n) is 26.2. The van der Waals surface area contributed by atoms with Crippen molar-refractivity contribution in [1.29, 1.82) is 0 Å². The number of likely N-dealkylation sites (tertiary alicyclic amines) is 1. The molecule has 0 saturated carbocycles. The van der Waals surface area contributed by atoms with Crippen molar-refractivity contribution < 1.29 is 19.0 Å². The molecule has 0 amide bonds. The van der Waals surface area contributed by atoms with Crippen LogP contribution in [0.25, 0.3) is 0 Å². The first kappa shape index (κ1) is 33.5. The third kappa shape index (κ3) is 9.05. The number of carboxylic acids is 1. The van der Waals surface area contributed by atoms with Gasteiger partial charge in [0.2, 0.25) is 5.88 Å². The fourth-order valence-corrected chi connectivity index (χ4v) is 6.02. The summed E-state index contributed by atoms with van der Waals surface area (Å²) < 4.78 is 20.0. The Labute approximate surface area is 266 Å². The van der Waals surface area contributed by atoms with Crippen LogP contribution in [0.1, 0.15) is 85.5 Å². The van der Waals surface area contributed by atoms with E-state index >= 15 is 0 Å². The van der Waals surface area contributed by atoms with Gasteiger partial charge >= 0.3 is 5.97 Å². The van der Waals surface area contributed by atoms with E-state index in [9.17, 15) is 14.3 Å². The standard InChI is InChI=1S/C36H45ClFN3O3/c1-5-7-9-27(6-2)23-41(34-20-29(36(42)43)13-12-25(34)3)26(4)22-40-18-16-28(17-19-40)33-10-8-11-35(39-33)44-24-30-14-15-31(37)21-32(30)38/h8,10-15,20-21,27-28H,4-7,9,16-19,22-24H2,1-3H3,(H,42,43). The summed E-state index contributed by atoms with van der Waals surface area (Å²) in [5.41, 5.74) is 4.69. The van der Waals surface area contributed by atoms with Crippen LogP contribution in [0.3, 0.4) is 0 Å². The molecular weight excluding hydrogens is 577 g/mol. The molecule has 1 aromatic heterocycles. The Balaban J connectivity index is 1.40. The fourth-order valence-electron chi connectivity index (χ4n) is 5.87. The van der Waals surface area contributed by atoms with Crippen molar-refractivity contribution in [2.75, 3.05) is 31.1 Å². The van der Waals surface area contributed by atoms with E-state index in [0.717, 1.165) is 80.9 Å². The second-order valence-corrected chi connectivity index (χ2v) is 12.3. The number of pyridine rings is 1. The molecule has 1 unspecified atom stereocenters. The minimum atomic E-state index is -0.919. The molecule has 3 aromatic rings. The van der Waals surface area contributed by atoms with Gasteiger partial charge in [-0.2, -0.15) is 0 Å². The van der Waals surface area contributed by atoms with E-state index in [0.29, 0.717) is 33.9 Å². The average Bonchev–Trinajstić information content (AvgIpc) is 3.01. The van der Waals surface area contributed by atoms with Crippen LogP contribution < -0.4 is 9.64 Å². The van der Waals surface area contributed by atoms with Crippen LogP contribution in [0.5, 0.6) is 5.88 Å². The van der Waals surface area contributed by atoms with Crippen molar-refractivity contribution in [1.82, 2.24) is 9.88 Å². The second kappa shape index (κ2) is 16.1. The van der Waals surface area contributed by atoms with Crippen molar-refractivity contribution in [2.24, 2.45) is 5.92 Å². The molecule has 1 saturated heterocycles. The van der Waals surface area contributed by atoms with Crippen LogP contribution in [0, 0.1) is 18.7 Å². The summed E-state index contributed by atoms with van der Waals surface area (Å²) in [6, 6.07) is 15.7. The number of anilines is 1. The van der Waals surface area contributed by atoms with Gasteiger partial charge in [-0.25, -0.2) is 14.2 Å². The van der Waals surface area contributed by atoms with Crippen molar-refractivity contribution in [3.8, 4) is 5.88 Å². The smallest absolute Gasteiger partial charge is 0.335 e. The van der Waals surface area contributed by atoms with Gasteiger partial charge in [0.15, 0.2) is 0 Å². The molecule has 4 rings (SSSR count). The van der Waals surface area contributed by atoms with Gasteiger partial charge in [-0.1, -0.05) is 69.5 Å². The number of hydrogen-bond acceptors (Lipinski definition) is 5. The zero-order chi connectivity index (χ0) is 31.6. The molecule has 2 heterocycles. The van der Waals surface area contributed by atoms with E-state index in [1.807, 2.05) is 25.1 Å². The minimum absolute atomic E-state index is 0.0860. The Morgan fingerprint density at radius 1 is 1.18 bits per heavy atom. The lowest BCUT2D eigenvalue weighted by Crippen LogP contribution is -2.39. The topological polar surface area (TPSA) is 65.9 Å². The molecule has 0 aliphatic carbocycles. The first-order valence-electron chi connectivity index (χ1n) is 15.7. The summed E-state index contributed by atoms with van der Waals surface area (Å²) >= 11 is 5.86. The summed E-state index contributed by atoms with van der Waals surface area (Å²) in [7, 11) is 0. The molecule has 2 aromatic carbocycles. The SMILES string of the molecule is C=C(CN1CCC(c2cccc(OCc3ccc(Cl)cc3F)n2)CC1)N(CC(CC)CCCC)c1cc(C(=O)O)ccc1C. The highest BCUT2D eigenvalue weighted by molar-refractivity contribution is 6.30. The maximum Gasteiger partial charge on any atom is 0.335 e. The van der Waals surface area contributed by atoms with Gasteiger partial charge in [0.1, 0.15) is 12.4 Å². The molecular formula is C36H45ClFN3O3. The number of aromatic nitrogens is 1. The highest BCUT2D eigenvalue weighted by atomic mass is 35.5. The summed E-state index contributed by atoms with van der Waals surface area (Å²) in [6.45, 7) is 14.5. The van der Waals surface area contributed by atoms with Crippen molar-refractivity contribution in [2.45, 2.75) is 71.8 Å². The van der Waals surface area contributed by atoms with Crippen LogP contribution in [-0.2, 0) is 6.61 Å². The first-order valence-corrected chi connectivity index (χ1v) is 16.1. The van der Waals surface area contributed by atoms with Gasteiger partial charge in [0.25, 0.3) is 0 Å². The Morgan fingerprint density at radius 2 is 1.95 bits per heavy atom. The monoisotopic (exact) mass is 621 g/mol. The number of ether oxygens (including phenoxy) is 1. The number of unbranched alkanes of at least 4 members (excludes halogenated alkanes) is 1. The number of benzene rings is 2. The van der Waals surface area contributed by atoms with Gasteiger partial charge in [0, 0.05) is 52.7 Å². The number of carbonyl (C=O) groups is 1. The third-order valence-corrected chi connectivity index (χ3v) is 8.90. The second-order valence-electron chi connectivity index (χ2n) is 11.9. The summed E-state index contributed by atoms with van der Waals surface area (Å²) in [4.78, 5) is 21.3. The zero-order valence-corrected chi connectivity index (χ0v) is 27.0. The number of carboxylic acid groups (broad SMARTS) is 1. The van der Waals surface area contributed by atoms with E-state index in [1.54, 1.807) is 30.3 Å². The fraction of sp³-hybridized carbons (Fsp3) is 0.444. The lowest BCUT2D eigenvalue weighted by Gasteiger charge is -2.37. The molecule has 1 aliphatic heterocycles. The Morgan fingerprint density at radius 3 is 2.64 bits per heavy atom. The molecule has 8 heteroatoms. The van der Waals surface area contributed by atoms with E-state index in [4.69, 9.17) is 21.3 Å². The molecule has 0 spiro atoms. The van der Waals surface area contributed by atoms with Gasteiger partial charge in [-0.15, -0.1) is 0 Å². The van der Waals surface area contributed by atoms with Crippen LogP contribution in [0.15, 0.2) is 66.9 Å². The molecule has 44 heavy (non-hydrogen) atoms. The highest BCUT2D eigenvalue weighted by Crippen LogP contribution is 2.31. The first-order chi connectivity index (χ1) is 21.2. The normalized spacial score (nSPS) is 14.8. The predicted molar refractivity (Wildman–Crippen MR) is 176 cm³/mol. The lowest BCUT2D eigenvalue weighted by molar-refractivity contribution is 0.0697. The maximum atomic E-state index is 14.2. The Hall–Kier alpha value is -3.42. The average molecular weight is 622 g/mol. The number of halogens is 2. The highest BCUT2D eigenvalue weighted by Gasteiger charge is 2.25. The molecule has 1 fully saturated rings. The van der Waals surface area contributed by atoms with E-state index in [1.165, 1.54) is 12.5 Å². The van der Waals surface area contributed by atoms with Crippen LogP contribution in [0.2, 0.25) is 5.02 Å². The van der Waals surface area contributed by atoms with Gasteiger partial charge in [-0.3, -0.25) is 4.90 Å². The van der Waals surface area contributed by atoms with E-state index < -0.39 is 11.8 Å². The third-order valence-electron chi connectivity index (χ3n) is 8.66. The number of hydrogen-bond donors (Lipinski definition) is 1. The van der Waals surface area contributed by atoms with Crippen LogP contribution in [-0.4, -0.2) is 47.1 Å². The predicted octanol–water partition coefficient (Wildman–Crippen LogP) is 8.88. The minimum Gasteiger partial charge on any atom is -0.478 e. The summed E-state index contributed by atoms with van der Waals surface area (Å²) in [5, 5.41) is 10.0. The molecule has 6 nitrogen and oxygen atoms in total. The maximum absolute atomic E-state index is 14.2. The number of rotatable bonds is 15. The summed E-state index contributed by atoms with van der Waals surface area (Å²) in [5.74, 6) is -0.0217. The Kier molecular flexibility index (Phi) is 12.2. The number of aryl methyl sites for hydroxylation is 1. The van der Waals surface area contributed by atoms with E-state index in [-0.39, 0.29) is 6.61 Å². The molecule has 0 radical (unpaired) electrons. The van der Waals surface area contributed by atoms with Crippen molar-refractivity contribution >= 4 is 23.3 Å². The molecule has 1 atom stereocenters. The van der Waals surface area contributed by atoms with Gasteiger partial charge in [0.05, 0.1) is 5.56 Å². The molecule has 0 bridgehead atoms. The van der Waals surface area contributed by atoms with Crippen LogP contribution >= 0.6 is 11.6 Å². The molecule has 236 valence electrons. The number of nitrogens with zero attached hydrogens (tertiary/aromatic N) is 3. The molecule has 1 N–H and O–H groups in total. The Bertz CT molecular complexity index is 1420. The van der Waals surface area contributed by atoms with Gasteiger partial charge < -0.3 is 14.7 Å².